The smallest absolute Gasteiger partial charge is 0.00490 e. The fourth-order valence-electron chi connectivity index (χ4n) is 2.11. The average molecular weight is 229 g/mol. The Morgan fingerprint density at radius 1 is 0.875 bits per heavy atom. The van der Waals surface area contributed by atoms with Crippen molar-refractivity contribution < 1.29 is 0 Å². The van der Waals surface area contributed by atoms with Crippen molar-refractivity contribution in [1.29, 1.82) is 0 Å². The minimum Gasteiger partial charge on any atom is -0.330 e. The predicted octanol–water partition coefficient (Wildman–Crippen LogP) is 1.86. The van der Waals surface area contributed by atoms with Crippen molar-refractivity contribution in [3.63, 3.8) is 0 Å². The molecule has 0 fully saturated rings. The third-order valence-corrected chi connectivity index (χ3v) is 3.11. The minimum absolute atomic E-state index is 0.829. The maximum absolute atomic E-state index is 5.65. The fraction of sp³-hybridized carbons (Fsp3) is 1.00. The van der Waals surface area contributed by atoms with Crippen molar-refractivity contribution in [2.45, 2.75) is 51.9 Å². The lowest BCUT2D eigenvalue weighted by atomic mass is 9.93. The maximum Gasteiger partial charge on any atom is -0.00490 e. The van der Waals surface area contributed by atoms with Gasteiger partial charge in [-0.15, -0.1) is 0 Å². The highest BCUT2D eigenvalue weighted by atomic mass is 14.8. The summed E-state index contributed by atoms with van der Waals surface area (Å²) in [6, 6.07) is 0. The molecule has 0 aromatic heterocycles. The van der Waals surface area contributed by atoms with E-state index in [9.17, 15) is 0 Å². The van der Waals surface area contributed by atoms with E-state index in [2.05, 4.69) is 12.2 Å². The molecular formula is C13H31N3. The van der Waals surface area contributed by atoms with Crippen LogP contribution in [-0.2, 0) is 0 Å². The summed E-state index contributed by atoms with van der Waals surface area (Å²) in [5, 5.41) is 3.37. The molecule has 0 aliphatic heterocycles. The van der Waals surface area contributed by atoms with Crippen LogP contribution in [-0.4, -0.2) is 26.2 Å². The van der Waals surface area contributed by atoms with Gasteiger partial charge in [-0.3, -0.25) is 0 Å². The molecule has 0 rings (SSSR count). The molecule has 0 saturated carbocycles. The molecule has 1 unspecified atom stereocenters. The van der Waals surface area contributed by atoms with Crippen LogP contribution in [0.2, 0.25) is 0 Å². The van der Waals surface area contributed by atoms with Gasteiger partial charge in [0.25, 0.3) is 0 Å². The number of hydrogen-bond acceptors (Lipinski definition) is 3. The van der Waals surface area contributed by atoms with Crippen LogP contribution < -0.4 is 16.8 Å². The van der Waals surface area contributed by atoms with Gasteiger partial charge < -0.3 is 16.8 Å². The number of unbranched alkanes of at least 4 members (excludes halogenated alkanes) is 2. The van der Waals surface area contributed by atoms with Crippen LogP contribution in [0, 0.1) is 5.92 Å². The Morgan fingerprint density at radius 2 is 1.56 bits per heavy atom. The van der Waals surface area contributed by atoms with Crippen molar-refractivity contribution >= 4 is 0 Å². The second-order valence-electron chi connectivity index (χ2n) is 4.58. The van der Waals surface area contributed by atoms with E-state index >= 15 is 0 Å². The van der Waals surface area contributed by atoms with Crippen LogP contribution in [0.15, 0.2) is 0 Å². The molecule has 98 valence electrons. The third-order valence-electron chi connectivity index (χ3n) is 3.11. The summed E-state index contributed by atoms with van der Waals surface area (Å²) < 4.78 is 0. The van der Waals surface area contributed by atoms with Gasteiger partial charge in [-0.25, -0.2) is 0 Å². The molecule has 0 spiro atoms. The van der Waals surface area contributed by atoms with Crippen LogP contribution in [0.3, 0.4) is 0 Å². The molecule has 0 saturated heterocycles. The van der Waals surface area contributed by atoms with E-state index in [0.717, 1.165) is 32.1 Å². The van der Waals surface area contributed by atoms with Crippen molar-refractivity contribution in [2.24, 2.45) is 17.4 Å². The molecule has 0 aromatic rings. The Morgan fingerprint density at radius 3 is 2.12 bits per heavy atom. The normalized spacial score (nSPS) is 12.9. The van der Waals surface area contributed by atoms with Gasteiger partial charge in [0.05, 0.1) is 0 Å². The standard InChI is InChI=1S/C13H31N3/c1-2-16-12-6-4-8-13(9-11-15)7-3-5-10-14/h13,16H,2-12,14-15H2,1H3. The van der Waals surface area contributed by atoms with Crippen LogP contribution in [0.25, 0.3) is 0 Å². The fourth-order valence-corrected chi connectivity index (χ4v) is 2.11. The number of nitrogens with two attached hydrogens (primary N) is 2. The average Bonchev–Trinajstić information content (AvgIpc) is 2.29. The lowest BCUT2D eigenvalue weighted by Gasteiger charge is -2.15. The first-order valence-electron chi connectivity index (χ1n) is 6.96. The van der Waals surface area contributed by atoms with Gasteiger partial charge in [-0.1, -0.05) is 32.6 Å². The van der Waals surface area contributed by atoms with Gasteiger partial charge in [0.1, 0.15) is 0 Å². The van der Waals surface area contributed by atoms with Gasteiger partial charge in [0.15, 0.2) is 0 Å². The molecule has 3 heteroatoms. The summed E-state index contributed by atoms with van der Waals surface area (Å²) in [5.41, 5.74) is 11.2. The summed E-state index contributed by atoms with van der Waals surface area (Å²) in [5.74, 6) is 0.832. The monoisotopic (exact) mass is 229 g/mol. The molecule has 5 N–H and O–H groups in total. The van der Waals surface area contributed by atoms with Crippen molar-refractivity contribution in [3.8, 4) is 0 Å². The van der Waals surface area contributed by atoms with Crippen LogP contribution >= 0.6 is 0 Å². The lowest BCUT2D eigenvalue weighted by Crippen LogP contribution is -2.15. The zero-order chi connectivity index (χ0) is 12.1. The highest BCUT2D eigenvalue weighted by Crippen LogP contribution is 2.18. The SMILES string of the molecule is CCNCCCCC(CCN)CCCCN. The zero-order valence-electron chi connectivity index (χ0n) is 11.0. The number of nitrogens with one attached hydrogen (secondary N) is 1. The lowest BCUT2D eigenvalue weighted by molar-refractivity contribution is 0.392. The quantitative estimate of drug-likeness (QED) is 0.448. The van der Waals surface area contributed by atoms with E-state index in [4.69, 9.17) is 11.5 Å². The van der Waals surface area contributed by atoms with E-state index in [-0.39, 0.29) is 0 Å². The van der Waals surface area contributed by atoms with Gasteiger partial charge >= 0.3 is 0 Å². The summed E-state index contributed by atoms with van der Waals surface area (Å²) in [6.07, 6.45) is 8.91. The first kappa shape index (κ1) is 15.9. The summed E-state index contributed by atoms with van der Waals surface area (Å²) in [6.45, 7) is 6.07. The van der Waals surface area contributed by atoms with Crippen molar-refractivity contribution in [1.82, 2.24) is 5.32 Å². The van der Waals surface area contributed by atoms with Gasteiger partial charge in [-0.2, -0.15) is 0 Å². The number of rotatable bonds is 12. The highest BCUT2D eigenvalue weighted by Gasteiger charge is 2.06. The Balaban J connectivity index is 3.43. The second-order valence-corrected chi connectivity index (χ2v) is 4.58. The van der Waals surface area contributed by atoms with Crippen LogP contribution in [0.5, 0.6) is 0 Å². The molecule has 1 atom stereocenters. The zero-order valence-corrected chi connectivity index (χ0v) is 11.0. The van der Waals surface area contributed by atoms with Crippen molar-refractivity contribution in [3.05, 3.63) is 0 Å². The molecule has 16 heavy (non-hydrogen) atoms. The van der Waals surface area contributed by atoms with Gasteiger partial charge in [-0.05, 0) is 51.4 Å². The molecule has 0 bridgehead atoms. The second kappa shape index (κ2) is 12.9. The predicted molar refractivity (Wildman–Crippen MR) is 72.5 cm³/mol. The molecule has 0 aromatic carbocycles. The van der Waals surface area contributed by atoms with Gasteiger partial charge in [0, 0.05) is 0 Å². The largest absolute Gasteiger partial charge is 0.330 e. The van der Waals surface area contributed by atoms with E-state index in [0.29, 0.717) is 0 Å². The summed E-state index contributed by atoms with van der Waals surface area (Å²) in [7, 11) is 0. The first-order valence-corrected chi connectivity index (χ1v) is 6.96. The molecule has 3 nitrogen and oxygen atoms in total. The Kier molecular flexibility index (Phi) is 12.9. The maximum atomic E-state index is 5.65. The molecule has 0 heterocycles. The van der Waals surface area contributed by atoms with Gasteiger partial charge in [0.2, 0.25) is 0 Å². The topological polar surface area (TPSA) is 64.1 Å². The summed E-state index contributed by atoms with van der Waals surface area (Å²) >= 11 is 0. The Hall–Kier alpha value is -0.120. The first-order chi connectivity index (χ1) is 7.85. The Labute approximate surface area is 101 Å². The van der Waals surface area contributed by atoms with E-state index in [1.807, 2.05) is 0 Å². The third kappa shape index (κ3) is 10.4. The summed E-state index contributed by atoms with van der Waals surface area (Å²) in [4.78, 5) is 0. The van der Waals surface area contributed by atoms with Crippen LogP contribution in [0.4, 0.5) is 0 Å². The van der Waals surface area contributed by atoms with Crippen molar-refractivity contribution in [2.75, 3.05) is 26.2 Å². The molecule has 0 aliphatic rings. The minimum atomic E-state index is 0.829. The van der Waals surface area contributed by atoms with E-state index in [1.165, 1.54) is 44.9 Å². The molecule has 0 aliphatic carbocycles. The number of hydrogen-bond donors (Lipinski definition) is 3. The van der Waals surface area contributed by atoms with E-state index < -0.39 is 0 Å². The molecular weight excluding hydrogens is 198 g/mol. The van der Waals surface area contributed by atoms with E-state index in [1.54, 1.807) is 0 Å². The Bertz CT molecular complexity index is 128. The molecule has 0 radical (unpaired) electrons. The molecule has 0 amide bonds. The van der Waals surface area contributed by atoms with Crippen LogP contribution in [0.1, 0.15) is 51.9 Å². The highest BCUT2D eigenvalue weighted by molar-refractivity contribution is 4.61.